The molecule has 0 amide bonds. The maximum atomic E-state index is 8.77. The zero-order valence-electron chi connectivity index (χ0n) is 9.45. The molecular formula is C13H17N3. The third-order valence-corrected chi connectivity index (χ3v) is 3.10. The first-order valence-corrected chi connectivity index (χ1v) is 6.01. The maximum absolute atomic E-state index is 8.77. The van der Waals surface area contributed by atoms with Crippen LogP contribution in [0.25, 0.3) is 0 Å². The fourth-order valence-corrected chi connectivity index (χ4v) is 2.24. The molecule has 2 rings (SSSR count). The van der Waals surface area contributed by atoms with Crippen LogP contribution in [0.3, 0.4) is 0 Å². The second-order valence-corrected chi connectivity index (χ2v) is 4.37. The van der Waals surface area contributed by atoms with E-state index in [2.05, 4.69) is 16.4 Å². The van der Waals surface area contributed by atoms with Crippen LogP contribution in [0, 0.1) is 11.3 Å². The number of anilines is 1. The van der Waals surface area contributed by atoms with Gasteiger partial charge in [-0.1, -0.05) is 25.7 Å². The van der Waals surface area contributed by atoms with Crippen LogP contribution in [0.15, 0.2) is 18.3 Å². The Bertz CT molecular complexity index is 373. The predicted molar refractivity (Wildman–Crippen MR) is 64.1 cm³/mol. The molecule has 1 heterocycles. The van der Waals surface area contributed by atoms with E-state index in [1.807, 2.05) is 12.1 Å². The third-order valence-electron chi connectivity index (χ3n) is 3.10. The van der Waals surface area contributed by atoms with Crippen molar-refractivity contribution in [3.05, 3.63) is 24.0 Å². The van der Waals surface area contributed by atoms with Crippen LogP contribution in [0.1, 0.15) is 44.2 Å². The SMILES string of the molecule is N#Cc1cc(NC2CCCCCC2)ccn1. The fourth-order valence-electron chi connectivity index (χ4n) is 2.24. The van der Waals surface area contributed by atoms with Gasteiger partial charge >= 0.3 is 0 Å². The molecule has 0 spiro atoms. The number of nitriles is 1. The lowest BCUT2D eigenvalue weighted by atomic mass is 10.1. The first-order valence-electron chi connectivity index (χ1n) is 6.01. The van der Waals surface area contributed by atoms with Crippen molar-refractivity contribution in [2.75, 3.05) is 5.32 Å². The normalized spacial score (nSPS) is 17.4. The highest BCUT2D eigenvalue weighted by atomic mass is 14.9. The van der Waals surface area contributed by atoms with E-state index in [9.17, 15) is 0 Å². The van der Waals surface area contributed by atoms with Gasteiger partial charge in [-0.15, -0.1) is 0 Å². The van der Waals surface area contributed by atoms with Gasteiger partial charge in [0, 0.05) is 17.9 Å². The molecule has 1 aliphatic carbocycles. The van der Waals surface area contributed by atoms with Gasteiger partial charge in [-0.05, 0) is 25.0 Å². The average Bonchev–Trinajstić information content (AvgIpc) is 2.58. The highest BCUT2D eigenvalue weighted by Crippen LogP contribution is 2.21. The van der Waals surface area contributed by atoms with Gasteiger partial charge in [0.05, 0.1) is 0 Å². The Kier molecular flexibility index (Phi) is 3.76. The molecule has 1 N–H and O–H groups in total. The Balaban J connectivity index is 1.99. The summed E-state index contributed by atoms with van der Waals surface area (Å²) in [5, 5.41) is 12.3. The van der Waals surface area contributed by atoms with Gasteiger partial charge in [0.1, 0.15) is 11.8 Å². The van der Waals surface area contributed by atoms with Crippen LogP contribution in [0.5, 0.6) is 0 Å². The summed E-state index contributed by atoms with van der Waals surface area (Å²) in [7, 11) is 0. The summed E-state index contributed by atoms with van der Waals surface area (Å²) in [5.41, 5.74) is 1.51. The van der Waals surface area contributed by atoms with E-state index in [0.29, 0.717) is 11.7 Å². The highest BCUT2D eigenvalue weighted by molar-refractivity contribution is 5.46. The van der Waals surface area contributed by atoms with Crippen molar-refractivity contribution >= 4 is 5.69 Å². The summed E-state index contributed by atoms with van der Waals surface area (Å²) >= 11 is 0. The van der Waals surface area contributed by atoms with E-state index in [0.717, 1.165) is 5.69 Å². The highest BCUT2D eigenvalue weighted by Gasteiger charge is 2.11. The standard InChI is InChI=1S/C13H17N3/c14-10-13-9-12(7-8-15-13)16-11-5-3-1-2-4-6-11/h7-9,11H,1-6H2,(H,15,16). The summed E-state index contributed by atoms with van der Waals surface area (Å²) in [6, 6.07) is 6.39. The maximum Gasteiger partial charge on any atom is 0.142 e. The molecule has 0 aromatic carbocycles. The Hall–Kier alpha value is -1.56. The molecular weight excluding hydrogens is 198 g/mol. The predicted octanol–water partition coefficient (Wildman–Crippen LogP) is 3.09. The summed E-state index contributed by atoms with van der Waals surface area (Å²) < 4.78 is 0. The lowest BCUT2D eigenvalue weighted by Crippen LogP contribution is -2.18. The first-order chi connectivity index (χ1) is 7.88. The largest absolute Gasteiger partial charge is 0.382 e. The molecule has 1 aromatic rings. The number of nitrogens with zero attached hydrogens (tertiary/aromatic N) is 2. The van der Waals surface area contributed by atoms with Crippen molar-refractivity contribution in [3.63, 3.8) is 0 Å². The molecule has 0 radical (unpaired) electrons. The van der Waals surface area contributed by atoms with Gasteiger partial charge < -0.3 is 5.32 Å². The molecule has 16 heavy (non-hydrogen) atoms. The van der Waals surface area contributed by atoms with E-state index in [1.165, 1.54) is 38.5 Å². The van der Waals surface area contributed by atoms with Crippen LogP contribution < -0.4 is 5.32 Å². The van der Waals surface area contributed by atoms with Crippen LogP contribution in [0.2, 0.25) is 0 Å². The van der Waals surface area contributed by atoms with E-state index in [1.54, 1.807) is 6.20 Å². The second-order valence-electron chi connectivity index (χ2n) is 4.37. The second kappa shape index (κ2) is 5.50. The quantitative estimate of drug-likeness (QED) is 0.771. The van der Waals surface area contributed by atoms with Gasteiger partial charge in [0.25, 0.3) is 0 Å². The molecule has 1 fully saturated rings. The molecule has 0 unspecified atom stereocenters. The lowest BCUT2D eigenvalue weighted by molar-refractivity contribution is 0.620. The van der Waals surface area contributed by atoms with Crippen LogP contribution in [0.4, 0.5) is 5.69 Å². The van der Waals surface area contributed by atoms with Crippen molar-refractivity contribution in [1.82, 2.24) is 4.98 Å². The number of rotatable bonds is 2. The molecule has 84 valence electrons. The molecule has 3 nitrogen and oxygen atoms in total. The number of aromatic nitrogens is 1. The van der Waals surface area contributed by atoms with E-state index < -0.39 is 0 Å². The van der Waals surface area contributed by atoms with E-state index in [4.69, 9.17) is 5.26 Å². The average molecular weight is 215 g/mol. The molecule has 1 aliphatic rings. The zero-order chi connectivity index (χ0) is 11.2. The number of hydrogen-bond donors (Lipinski definition) is 1. The van der Waals surface area contributed by atoms with Crippen molar-refractivity contribution in [1.29, 1.82) is 5.26 Å². The molecule has 0 bridgehead atoms. The van der Waals surface area contributed by atoms with Crippen LogP contribution >= 0.6 is 0 Å². The number of hydrogen-bond acceptors (Lipinski definition) is 3. The van der Waals surface area contributed by atoms with Crippen molar-refractivity contribution in [2.45, 2.75) is 44.6 Å². The summed E-state index contributed by atoms with van der Waals surface area (Å²) in [6.45, 7) is 0. The summed E-state index contributed by atoms with van der Waals surface area (Å²) in [6.07, 6.45) is 9.52. The van der Waals surface area contributed by atoms with E-state index >= 15 is 0 Å². The first kappa shape index (κ1) is 10.9. The Labute approximate surface area is 96.5 Å². The Morgan fingerprint density at radius 3 is 2.69 bits per heavy atom. The minimum absolute atomic E-state index is 0.485. The smallest absolute Gasteiger partial charge is 0.142 e. The van der Waals surface area contributed by atoms with Gasteiger partial charge in [0.2, 0.25) is 0 Å². The van der Waals surface area contributed by atoms with Gasteiger partial charge in [-0.3, -0.25) is 0 Å². The van der Waals surface area contributed by atoms with Gasteiger partial charge in [0.15, 0.2) is 0 Å². The van der Waals surface area contributed by atoms with Crippen molar-refractivity contribution < 1.29 is 0 Å². The van der Waals surface area contributed by atoms with Crippen molar-refractivity contribution in [3.8, 4) is 6.07 Å². The molecule has 1 aromatic heterocycles. The summed E-state index contributed by atoms with van der Waals surface area (Å²) in [4.78, 5) is 3.97. The lowest BCUT2D eigenvalue weighted by Gasteiger charge is -2.17. The number of nitrogens with one attached hydrogen (secondary N) is 1. The van der Waals surface area contributed by atoms with Crippen LogP contribution in [-0.2, 0) is 0 Å². The summed E-state index contributed by atoms with van der Waals surface area (Å²) in [5.74, 6) is 0. The van der Waals surface area contributed by atoms with Crippen LogP contribution in [-0.4, -0.2) is 11.0 Å². The minimum atomic E-state index is 0.485. The molecule has 0 atom stereocenters. The minimum Gasteiger partial charge on any atom is -0.382 e. The molecule has 0 aliphatic heterocycles. The zero-order valence-corrected chi connectivity index (χ0v) is 9.45. The van der Waals surface area contributed by atoms with Gasteiger partial charge in [-0.2, -0.15) is 5.26 Å². The Morgan fingerprint density at radius 1 is 1.25 bits per heavy atom. The topological polar surface area (TPSA) is 48.7 Å². The Morgan fingerprint density at radius 2 is 2.00 bits per heavy atom. The van der Waals surface area contributed by atoms with Gasteiger partial charge in [-0.25, -0.2) is 4.98 Å². The third kappa shape index (κ3) is 2.96. The van der Waals surface area contributed by atoms with Crippen molar-refractivity contribution in [2.24, 2.45) is 0 Å². The monoisotopic (exact) mass is 215 g/mol. The van der Waals surface area contributed by atoms with E-state index in [-0.39, 0.29) is 0 Å². The molecule has 1 saturated carbocycles. The molecule has 3 heteroatoms. The molecule has 0 saturated heterocycles. The number of pyridine rings is 1. The fraction of sp³-hybridized carbons (Fsp3) is 0.538.